The van der Waals surface area contributed by atoms with Crippen molar-refractivity contribution in [3.63, 3.8) is 0 Å². The highest BCUT2D eigenvalue weighted by molar-refractivity contribution is 5.84. The van der Waals surface area contributed by atoms with Crippen LogP contribution in [0.5, 0.6) is 0 Å². The quantitative estimate of drug-likeness (QED) is 0.280. The molecule has 6 rings (SSSR count). The smallest absolute Gasteiger partial charge is 0.0464 e. The molecule has 0 saturated heterocycles. The number of nitrogens with zero attached hydrogens (tertiary/aromatic N) is 1. The molecule has 1 heteroatoms. The SMILES string of the molecule is CC1(c2cccc(N(c3ccccc3)c3ccccc3)c2)c2ccccc2-c2ccccc21. The fraction of sp³-hybridized carbons (Fsp3) is 0.0625. The highest BCUT2D eigenvalue weighted by Crippen LogP contribution is 2.52. The van der Waals surface area contributed by atoms with E-state index >= 15 is 0 Å². The lowest BCUT2D eigenvalue weighted by Gasteiger charge is -2.31. The number of rotatable bonds is 4. The molecule has 0 bridgehead atoms. The molecule has 1 aliphatic carbocycles. The standard InChI is InChI=1S/C32H25N/c1-32(30-21-10-8-19-28(30)29-20-9-11-22-31(29)32)24-13-12-18-27(23-24)33(25-14-4-2-5-15-25)26-16-6-3-7-17-26/h2-23H,1H3. The molecule has 0 heterocycles. The zero-order valence-corrected chi connectivity index (χ0v) is 18.6. The van der Waals surface area contributed by atoms with Crippen LogP contribution in [0, 0.1) is 0 Å². The maximum Gasteiger partial charge on any atom is 0.0464 e. The molecule has 0 atom stereocenters. The minimum Gasteiger partial charge on any atom is -0.310 e. The van der Waals surface area contributed by atoms with E-state index in [1.807, 2.05) is 0 Å². The minimum atomic E-state index is -0.206. The van der Waals surface area contributed by atoms with E-state index in [1.165, 1.54) is 27.8 Å². The van der Waals surface area contributed by atoms with Crippen LogP contribution in [0.25, 0.3) is 11.1 Å². The van der Waals surface area contributed by atoms with Crippen molar-refractivity contribution in [1.29, 1.82) is 0 Å². The van der Waals surface area contributed by atoms with Gasteiger partial charge in [-0.15, -0.1) is 0 Å². The first-order valence-electron chi connectivity index (χ1n) is 11.5. The molecule has 1 aliphatic rings. The van der Waals surface area contributed by atoms with Gasteiger partial charge in [-0.05, 0) is 71.1 Å². The third-order valence-corrected chi connectivity index (χ3v) is 6.93. The molecule has 0 aliphatic heterocycles. The second-order valence-electron chi connectivity index (χ2n) is 8.77. The van der Waals surface area contributed by atoms with Crippen LogP contribution in [0.2, 0.25) is 0 Å². The van der Waals surface area contributed by atoms with Crippen molar-refractivity contribution in [1.82, 2.24) is 0 Å². The first-order valence-corrected chi connectivity index (χ1v) is 11.5. The Morgan fingerprint density at radius 3 is 1.45 bits per heavy atom. The summed E-state index contributed by atoms with van der Waals surface area (Å²) in [6, 6.07) is 47.9. The van der Waals surface area contributed by atoms with Gasteiger partial charge in [0.2, 0.25) is 0 Å². The summed E-state index contributed by atoms with van der Waals surface area (Å²) < 4.78 is 0. The topological polar surface area (TPSA) is 3.24 Å². The lowest BCUT2D eigenvalue weighted by atomic mass is 9.74. The Labute approximate surface area is 195 Å². The van der Waals surface area contributed by atoms with E-state index in [1.54, 1.807) is 0 Å². The summed E-state index contributed by atoms with van der Waals surface area (Å²) in [6.07, 6.45) is 0. The maximum atomic E-state index is 2.37. The summed E-state index contributed by atoms with van der Waals surface area (Å²) in [4.78, 5) is 2.33. The first-order chi connectivity index (χ1) is 16.3. The molecule has 0 spiro atoms. The largest absolute Gasteiger partial charge is 0.310 e. The number of hydrogen-bond acceptors (Lipinski definition) is 1. The third kappa shape index (κ3) is 3.08. The van der Waals surface area contributed by atoms with Gasteiger partial charge in [0.05, 0.1) is 0 Å². The average molecular weight is 424 g/mol. The van der Waals surface area contributed by atoms with Crippen LogP contribution < -0.4 is 4.90 Å². The Hall–Kier alpha value is -4.10. The third-order valence-electron chi connectivity index (χ3n) is 6.93. The normalized spacial score (nSPS) is 13.2. The highest BCUT2D eigenvalue weighted by atomic mass is 15.1. The van der Waals surface area contributed by atoms with E-state index in [0.717, 1.165) is 17.1 Å². The molecule has 0 fully saturated rings. The van der Waals surface area contributed by atoms with E-state index in [2.05, 4.69) is 145 Å². The van der Waals surface area contributed by atoms with Crippen LogP contribution in [0.1, 0.15) is 23.6 Å². The van der Waals surface area contributed by atoms with E-state index in [0.29, 0.717) is 0 Å². The van der Waals surface area contributed by atoms with Crippen molar-refractivity contribution < 1.29 is 0 Å². The molecular weight excluding hydrogens is 398 g/mol. The zero-order chi connectivity index (χ0) is 22.3. The molecule has 5 aromatic carbocycles. The van der Waals surface area contributed by atoms with Gasteiger partial charge >= 0.3 is 0 Å². The van der Waals surface area contributed by atoms with Gasteiger partial charge in [0, 0.05) is 22.5 Å². The fourth-order valence-electron chi connectivity index (χ4n) is 5.32. The van der Waals surface area contributed by atoms with Crippen LogP contribution in [0.3, 0.4) is 0 Å². The van der Waals surface area contributed by atoms with Crippen LogP contribution in [-0.4, -0.2) is 0 Å². The summed E-state index contributed by atoms with van der Waals surface area (Å²) in [5.41, 5.74) is 9.97. The lowest BCUT2D eigenvalue weighted by molar-refractivity contribution is 0.714. The zero-order valence-electron chi connectivity index (χ0n) is 18.6. The second-order valence-corrected chi connectivity index (χ2v) is 8.77. The molecule has 0 amide bonds. The minimum absolute atomic E-state index is 0.206. The van der Waals surface area contributed by atoms with E-state index < -0.39 is 0 Å². The van der Waals surface area contributed by atoms with Crippen molar-refractivity contribution in [2.24, 2.45) is 0 Å². The van der Waals surface area contributed by atoms with Crippen molar-refractivity contribution in [3.8, 4) is 11.1 Å². The molecule has 0 saturated carbocycles. The molecule has 0 N–H and O–H groups in total. The van der Waals surface area contributed by atoms with Crippen LogP contribution in [-0.2, 0) is 5.41 Å². The number of hydrogen-bond donors (Lipinski definition) is 0. The fourth-order valence-corrected chi connectivity index (χ4v) is 5.32. The van der Waals surface area contributed by atoms with E-state index in [9.17, 15) is 0 Å². The molecule has 1 nitrogen and oxygen atoms in total. The predicted octanol–water partition coefficient (Wildman–Crippen LogP) is 8.49. The monoisotopic (exact) mass is 423 g/mol. The van der Waals surface area contributed by atoms with Gasteiger partial charge in [-0.2, -0.15) is 0 Å². The van der Waals surface area contributed by atoms with Gasteiger partial charge in [-0.3, -0.25) is 0 Å². The lowest BCUT2D eigenvalue weighted by Crippen LogP contribution is -2.23. The van der Waals surface area contributed by atoms with E-state index in [-0.39, 0.29) is 5.41 Å². The molecule has 33 heavy (non-hydrogen) atoms. The molecular formula is C32H25N. The van der Waals surface area contributed by atoms with Gasteiger partial charge in [-0.25, -0.2) is 0 Å². The van der Waals surface area contributed by atoms with Crippen molar-refractivity contribution >= 4 is 17.1 Å². The molecule has 0 unspecified atom stereocenters. The van der Waals surface area contributed by atoms with Gasteiger partial charge in [0.15, 0.2) is 0 Å². The predicted molar refractivity (Wildman–Crippen MR) is 139 cm³/mol. The summed E-state index contributed by atoms with van der Waals surface area (Å²) >= 11 is 0. The molecule has 5 aromatic rings. The summed E-state index contributed by atoms with van der Waals surface area (Å²) in [5.74, 6) is 0. The van der Waals surface area contributed by atoms with Gasteiger partial charge in [-0.1, -0.05) is 97.1 Å². The van der Waals surface area contributed by atoms with Gasteiger partial charge in [0.25, 0.3) is 0 Å². The van der Waals surface area contributed by atoms with Crippen molar-refractivity contribution in [2.45, 2.75) is 12.3 Å². The average Bonchev–Trinajstić information content (AvgIpc) is 3.16. The Kier molecular flexibility index (Phi) is 4.62. The molecule has 0 aromatic heterocycles. The first kappa shape index (κ1) is 19.6. The summed E-state index contributed by atoms with van der Waals surface area (Å²) in [7, 11) is 0. The van der Waals surface area contributed by atoms with E-state index in [4.69, 9.17) is 0 Å². The van der Waals surface area contributed by atoms with Crippen LogP contribution in [0.15, 0.2) is 133 Å². The Morgan fingerprint density at radius 1 is 0.455 bits per heavy atom. The molecule has 158 valence electrons. The van der Waals surface area contributed by atoms with Gasteiger partial charge < -0.3 is 4.90 Å². The Morgan fingerprint density at radius 2 is 0.909 bits per heavy atom. The summed E-state index contributed by atoms with van der Waals surface area (Å²) in [6.45, 7) is 2.37. The second kappa shape index (κ2) is 7.79. The maximum absolute atomic E-state index is 2.37. The number of benzene rings is 5. The van der Waals surface area contributed by atoms with Gasteiger partial charge in [0.1, 0.15) is 0 Å². The van der Waals surface area contributed by atoms with Crippen molar-refractivity contribution in [2.75, 3.05) is 4.90 Å². The van der Waals surface area contributed by atoms with Crippen molar-refractivity contribution in [3.05, 3.63) is 150 Å². The number of anilines is 3. The Balaban J connectivity index is 1.56. The Bertz CT molecular complexity index is 1330. The number of fused-ring (bicyclic) bond motifs is 3. The molecule has 0 radical (unpaired) electrons. The van der Waals surface area contributed by atoms with Crippen LogP contribution in [0.4, 0.5) is 17.1 Å². The van der Waals surface area contributed by atoms with Crippen LogP contribution >= 0.6 is 0 Å². The summed E-state index contributed by atoms with van der Waals surface area (Å²) in [5, 5.41) is 0. The number of para-hydroxylation sites is 2. The highest BCUT2D eigenvalue weighted by Gasteiger charge is 2.40.